The van der Waals surface area contributed by atoms with Gasteiger partial charge in [-0.1, -0.05) is 73.3 Å². The molecule has 0 aliphatic heterocycles. The minimum atomic E-state index is -0.181. The lowest BCUT2D eigenvalue weighted by Gasteiger charge is -2.29. The van der Waals surface area contributed by atoms with E-state index in [4.69, 9.17) is 16.0 Å². The van der Waals surface area contributed by atoms with Gasteiger partial charge in [-0.3, -0.25) is 10.1 Å². The van der Waals surface area contributed by atoms with Crippen molar-refractivity contribution in [2.75, 3.05) is 5.32 Å². The number of amides is 1. The molecule has 1 N–H and O–H groups in total. The van der Waals surface area contributed by atoms with Gasteiger partial charge in [0.1, 0.15) is 5.76 Å². The fourth-order valence-corrected chi connectivity index (χ4v) is 4.46. The maximum Gasteiger partial charge on any atom is 0.301 e. The van der Waals surface area contributed by atoms with Crippen LogP contribution in [-0.2, 0) is 11.2 Å². The molecule has 1 aliphatic rings. The van der Waals surface area contributed by atoms with E-state index in [1.54, 1.807) is 6.20 Å². The predicted molar refractivity (Wildman–Crippen MR) is 115 cm³/mol. The SMILES string of the molecule is O=C(Nc1ncc(Cc2cccc(Cl)c2)o1)C(c1ccccc1)C1CCCCC1. The second kappa shape index (κ2) is 9.27. The minimum Gasteiger partial charge on any atom is -0.428 e. The summed E-state index contributed by atoms with van der Waals surface area (Å²) in [6, 6.07) is 17.9. The van der Waals surface area contributed by atoms with Gasteiger partial charge in [0.15, 0.2) is 0 Å². The second-order valence-corrected chi connectivity index (χ2v) is 8.15. The second-order valence-electron chi connectivity index (χ2n) is 7.71. The quantitative estimate of drug-likeness (QED) is 0.526. The molecule has 1 aromatic heterocycles. The van der Waals surface area contributed by atoms with Gasteiger partial charge in [-0.25, -0.2) is 4.98 Å². The van der Waals surface area contributed by atoms with Crippen LogP contribution in [0.2, 0.25) is 5.02 Å². The van der Waals surface area contributed by atoms with Crippen molar-refractivity contribution in [3.05, 3.63) is 82.7 Å². The van der Waals surface area contributed by atoms with E-state index >= 15 is 0 Å². The maximum atomic E-state index is 13.2. The highest BCUT2D eigenvalue weighted by Gasteiger charge is 2.31. The summed E-state index contributed by atoms with van der Waals surface area (Å²) in [5.74, 6) is 0.822. The molecule has 0 spiro atoms. The molecule has 29 heavy (non-hydrogen) atoms. The fraction of sp³-hybridized carbons (Fsp3) is 0.333. The summed E-state index contributed by atoms with van der Waals surface area (Å²) < 4.78 is 5.79. The van der Waals surface area contributed by atoms with Crippen LogP contribution in [0.1, 0.15) is 54.9 Å². The average molecular weight is 409 g/mol. The molecule has 4 rings (SSSR count). The van der Waals surface area contributed by atoms with Crippen LogP contribution in [0.4, 0.5) is 6.01 Å². The van der Waals surface area contributed by atoms with Crippen LogP contribution >= 0.6 is 11.6 Å². The van der Waals surface area contributed by atoms with Crippen LogP contribution in [0.15, 0.2) is 65.2 Å². The van der Waals surface area contributed by atoms with E-state index in [1.807, 2.05) is 54.6 Å². The number of nitrogens with zero attached hydrogens (tertiary/aromatic N) is 1. The van der Waals surface area contributed by atoms with E-state index in [0.717, 1.165) is 24.0 Å². The predicted octanol–water partition coefficient (Wildman–Crippen LogP) is 6.22. The van der Waals surface area contributed by atoms with E-state index in [-0.39, 0.29) is 17.8 Å². The lowest BCUT2D eigenvalue weighted by atomic mass is 9.76. The summed E-state index contributed by atoms with van der Waals surface area (Å²) in [5.41, 5.74) is 2.10. The standard InChI is InChI=1S/C24H25ClN2O2/c25-20-13-7-8-17(14-20)15-21-16-26-24(29-21)27-23(28)22(18-9-3-1-4-10-18)19-11-5-2-6-12-19/h1,3-4,7-10,13-14,16,19,22H,2,5-6,11-12,15H2,(H,26,27,28). The first-order valence-electron chi connectivity index (χ1n) is 10.2. The Hall–Kier alpha value is -2.59. The summed E-state index contributed by atoms with van der Waals surface area (Å²) in [7, 11) is 0. The highest BCUT2D eigenvalue weighted by atomic mass is 35.5. The normalized spacial score (nSPS) is 15.8. The molecule has 1 atom stereocenters. The number of aromatic nitrogens is 1. The van der Waals surface area contributed by atoms with E-state index < -0.39 is 0 Å². The Morgan fingerprint density at radius 1 is 1.10 bits per heavy atom. The molecule has 1 saturated carbocycles. The minimum absolute atomic E-state index is 0.0424. The number of nitrogens with one attached hydrogen (secondary N) is 1. The van der Waals surface area contributed by atoms with Gasteiger partial charge in [-0.2, -0.15) is 0 Å². The Morgan fingerprint density at radius 3 is 2.66 bits per heavy atom. The first kappa shape index (κ1) is 19.7. The number of benzene rings is 2. The van der Waals surface area contributed by atoms with Crippen LogP contribution in [0.5, 0.6) is 0 Å². The third kappa shape index (κ3) is 5.07. The van der Waals surface area contributed by atoms with Gasteiger partial charge in [0.2, 0.25) is 5.91 Å². The lowest BCUT2D eigenvalue weighted by Crippen LogP contribution is -2.29. The molecule has 0 bridgehead atoms. The van der Waals surface area contributed by atoms with Crippen molar-refractivity contribution >= 4 is 23.5 Å². The molecule has 3 aromatic rings. The van der Waals surface area contributed by atoms with Crippen molar-refractivity contribution in [1.29, 1.82) is 0 Å². The van der Waals surface area contributed by atoms with Crippen molar-refractivity contribution in [3.8, 4) is 0 Å². The fourth-order valence-electron chi connectivity index (χ4n) is 4.24. The Morgan fingerprint density at radius 2 is 1.90 bits per heavy atom. The van der Waals surface area contributed by atoms with Crippen LogP contribution in [-0.4, -0.2) is 10.9 Å². The molecule has 1 heterocycles. The third-order valence-electron chi connectivity index (χ3n) is 5.61. The molecule has 1 amide bonds. The van der Waals surface area contributed by atoms with E-state index in [2.05, 4.69) is 10.3 Å². The number of hydrogen-bond acceptors (Lipinski definition) is 3. The molecule has 1 fully saturated rings. The molecule has 0 radical (unpaired) electrons. The van der Waals surface area contributed by atoms with Gasteiger partial charge in [-0.15, -0.1) is 0 Å². The van der Waals surface area contributed by atoms with Gasteiger partial charge in [-0.05, 0) is 42.0 Å². The Kier molecular flexibility index (Phi) is 6.30. The smallest absolute Gasteiger partial charge is 0.301 e. The third-order valence-corrected chi connectivity index (χ3v) is 5.85. The van der Waals surface area contributed by atoms with E-state index in [1.165, 1.54) is 19.3 Å². The number of rotatable bonds is 6. The van der Waals surface area contributed by atoms with Gasteiger partial charge in [0.05, 0.1) is 12.1 Å². The largest absolute Gasteiger partial charge is 0.428 e. The number of anilines is 1. The molecule has 2 aromatic carbocycles. The summed E-state index contributed by atoms with van der Waals surface area (Å²) in [4.78, 5) is 17.5. The van der Waals surface area contributed by atoms with Crippen LogP contribution in [0.3, 0.4) is 0 Å². The van der Waals surface area contributed by atoms with Crippen molar-refractivity contribution in [1.82, 2.24) is 4.98 Å². The van der Waals surface area contributed by atoms with E-state index in [0.29, 0.717) is 23.1 Å². The molecule has 4 nitrogen and oxygen atoms in total. The Balaban J connectivity index is 1.48. The van der Waals surface area contributed by atoms with Gasteiger partial charge in [0.25, 0.3) is 0 Å². The van der Waals surface area contributed by atoms with Crippen LogP contribution in [0, 0.1) is 5.92 Å². The molecule has 150 valence electrons. The van der Waals surface area contributed by atoms with Crippen molar-refractivity contribution in [2.24, 2.45) is 5.92 Å². The van der Waals surface area contributed by atoms with Crippen LogP contribution < -0.4 is 5.32 Å². The number of carbonyl (C=O) groups is 1. The average Bonchev–Trinajstić information content (AvgIpc) is 3.16. The zero-order valence-electron chi connectivity index (χ0n) is 16.3. The molecule has 0 saturated heterocycles. The van der Waals surface area contributed by atoms with Crippen molar-refractivity contribution in [2.45, 2.75) is 44.4 Å². The number of halogens is 1. The van der Waals surface area contributed by atoms with Crippen molar-refractivity contribution in [3.63, 3.8) is 0 Å². The highest BCUT2D eigenvalue weighted by Crippen LogP contribution is 2.37. The van der Waals surface area contributed by atoms with E-state index in [9.17, 15) is 4.79 Å². The van der Waals surface area contributed by atoms with Gasteiger partial charge < -0.3 is 4.42 Å². The molecule has 1 aliphatic carbocycles. The monoisotopic (exact) mass is 408 g/mol. The molecule has 1 unspecified atom stereocenters. The molecule has 5 heteroatoms. The van der Waals surface area contributed by atoms with Gasteiger partial charge >= 0.3 is 6.01 Å². The van der Waals surface area contributed by atoms with Crippen molar-refractivity contribution < 1.29 is 9.21 Å². The molecular weight excluding hydrogens is 384 g/mol. The zero-order valence-corrected chi connectivity index (χ0v) is 17.1. The Labute approximate surface area is 176 Å². The summed E-state index contributed by atoms with van der Waals surface area (Å²) in [6.45, 7) is 0. The number of carbonyl (C=O) groups excluding carboxylic acids is 1. The lowest BCUT2D eigenvalue weighted by molar-refractivity contribution is -0.119. The molecular formula is C24H25ClN2O2. The zero-order chi connectivity index (χ0) is 20.1. The highest BCUT2D eigenvalue weighted by molar-refractivity contribution is 6.30. The summed E-state index contributed by atoms with van der Waals surface area (Å²) >= 11 is 6.05. The first-order chi connectivity index (χ1) is 14.2. The summed E-state index contributed by atoms with van der Waals surface area (Å²) in [5, 5.41) is 3.60. The van der Waals surface area contributed by atoms with Gasteiger partial charge in [0, 0.05) is 11.4 Å². The maximum absolute atomic E-state index is 13.2. The summed E-state index contributed by atoms with van der Waals surface area (Å²) in [6.07, 6.45) is 8.03. The first-order valence-corrected chi connectivity index (χ1v) is 10.6. The number of oxazole rings is 1. The number of hydrogen-bond donors (Lipinski definition) is 1. The Bertz CT molecular complexity index is 948. The van der Waals surface area contributed by atoms with Crippen LogP contribution in [0.25, 0.3) is 0 Å². The topological polar surface area (TPSA) is 55.1 Å².